The van der Waals surface area contributed by atoms with Crippen LogP contribution < -0.4 is 10.1 Å². The van der Waals surface area contributed by atoms with Crippen molar-refractivity contribution in [2.45, 2.75) is 39.7 Å². The van der Waals surface area contributed by atoms with Gasteiger partial charge in [0.2, 0.25) is 0 Å². The first-order chi connectivity index (χ1) is 9.35. The summed E-state index contributed by atoms with van der Waals surface area (Å²) in [5.41, 5.74) is 0.250. The minimum absolute atomic E-state index is 0.0420. The van der Waals surface area contributed by atoms with E-state index in [0.29, 0.717) is 5.75 Å². The van der Waals surface area contributed by atoms with E-state index in [1.807, 2.05) is 45.0 Å². The molecule has 1 aromatic carbocycles. The van der Waals surface area contributed by atoms with Crippen LogP contribution in [0.3, 0.4) is 0 Å². The third-order valence-corrected chi connectivity index (χ3v) is 3.71. The zero-order chi connectivity index (χ0) is 15.2. The number of carbonyl (C=O) groups is 1. The molecule has 0 radical (unpaired) electrons. The van der Waals surface area contributed by atoms with E-state index < -0.39 is 5.60 Å². The van der Waals surface area contributed by atoms with Crippen LogP contribution in [0, 0.1) is 12.8 Å². The minimum Gasteiger partial charge on any atom is -0.484 e. The summed E-state index contributed by atoms with van der Waals surface area (Å²) in [6, 6.07) is 7.53. The van der Waals surface area contributed by atoms with Crippen LogP contribution >= 0.6 is 0 Å². The van der Waals surface area contributed by atoms with Crippen molar-refractivity contribution in [2.75, 3.05) is 13.2 Å². The predicted molar refractivity (Wildman–Crippen MR) is 79.8 cm³/mol. The number of benzene rings is 1. The van der Waals surface area contributed by atoms with Crippen molar-refractivity contribution >= 4 is 5.91 Å². The van der Waals surface area contributed by atoms with Crippen molar-refractivity contribution in [3.63, 3.8) is 0 Å². The van der Waals surface area contributed by atoms with E-state index in [0.717, 1.165) is 12.0 Å². The summed E-state index contributed by atoms with van der Waals surface area (Å²) in [5.74, 6) is 0.564. The number of hydrogen-bond acceptors (Lipinski definition) is 3. The number of amides is 1. The molecule has 112 valence electrons. The molecule has 4 nitrogen and oxygen atoms in total. The summed E-state index contributed by atoms with van der Waals surface area (Å²) in [6.45, 7) is 7.91. The Bertz CT molecular complexity index is 426. The molecule has 2 atom stereocenters. The molecule has 0 aromatic heterocycles. The first-order valence-corrected chi connectivity index (χ1v) is 7.03. The monoisotopic (exact) mass is 279 g/mol. The van der Waals surface area contributed by atoms with Gasteiger partial charge in [0.05, 0.1) is 5.60 Å². The lowest BCUT2D eigenvalue weighted by Crippen LogP contribution is -2.46. The summed E-state index contributed by atoms with van der Waals surface area (Å²) >= 11 is 0. The molecule has 1 amide bonds. The lowest BCUT2D eigenvalue weighted by Gasteiger charge is -2.29. The molecule has 1 aromatic rings. The van der Waals surface area contributed by atoms with Crippen molar-refractivity contribution in [1.82, 2.24) is 5.32 Å². The third kappa shape index (κ3) is 5.21. The normalized spacial score (nSPS) is 15.2. The molecule has 4 heteroatoms. The summed E-state index contributed by atoms with van der Waals surface area (Å²) in [6.07, 6.45) is 0.864. The van der Waals surface area contributed by atoms with E-state index in [2.05, 4.69) is 5.32 Å². The number of nitrogens with one attached hydrogen (secondary N) is 1. The topological polar surface area (TPSA) is 58.6 Å². The van der Waals surface area contributed by atoms with Gasteiger partial charge < -0.3 is 15.2 Å². The number of rotatable bonds is 7. The van der Waals surface area contributed by atoms with Crippen LogP contribution in [0.15, 0.2) is 24.3 Å². The molecular formula is C16H25NO3. The van der Waals surface area contributed by atoms with Crippen LogP contribution in [0.5, 0.6) is 5.75 Å². The van der Waals surface area contributed by atoms with Gasteiger partial charge in [-0.05, 0) is 31.9 Å². The molecule has 0 spiro atoms. The van der Waals surface area contributed by atoms with Gasteiger partial charge in [-0.3, -0.25) is 4.79 Å². The fraction of sp³-hybridized carbons (Fsp3) is 0.562. The largest absolute Gasteiger partial charge is 0.484 e. The second-order valence-electron chi connectivity index (χ2n) is 5.54. The maximum Gasteiger partial charge on any atom is 0.258 e. The van der Waals surface area contributed by atoms with Crippen LogP contribution in [0.25, 0.3) is 0 Å². The number of aryl methyl sites for hydroxylation is 1. The maximum atomic E-state index is 11.7. The number of aliphatic hydroxyl groups is 1. The Hall–Kier alpha value is -1.55. The third-order valence-electron chi connectivity index (χ3n) is 3.71. The van der Waals surface area contributed by atoms with E-state index in [4.69, 9.17) is 4.74 Å². The molecule has 0 fully saturated rings. The smallest absolute Gasteiger partial charge is 0.258 e. The molecule has 0 aliphatic rings. The van der Waals surface area contributed by atoms with E-state index >= 15 is 0 Å². The lowest BCUT2D eigenvalue weighted by molar-refractivity contribution is -0.124. The quantitative estimate of drug-likeness (QED) is 0.805. The van der Waals surface area contributed by atoms with Crippen LogP contribution in [0.2, 0.25) is 0 Å². The standard InChI is InChI=1S/C16H25NO3/c1-5-13(3)16(4,19)11-17-15(18)10-20-14-8-6-12(2)7-9-14/h6-9,13,19H,5,10-11H2,1-4H3,(H,17,18). The summed E-state index contributed by atoms with van der Waals surface area (Å²) in [7, 11) is 0. The van der Waals surface area contributed by atoms with Gasteiger partial charge >= 0.3 is 0 Å². The van der Waals surface area contributed by atoms with Crippen molar-refractivity contribution < 1.29 is 14.6 Å². The van der Waals surface area contributed by atoms with Gasteiger partial charge in [-0.15, -0.1) is 0 Å². The Balaban J connectivity index is 2.35. The molecule has 2 unspecified atom stereocenters. The van der Waals surface area contributed by atoms with E-state index in [1.165, 1.54) is 0 Å². The predicted octanol–water partition coefficient (Wildman–Crippen LogP) is 2.29. The Morgan fingerprint density at radius 3 is 2.55 bits per heavy atom. The van der Waals surface area contributed by atoms with Crippen molar-refractivity contribution in [2.24, 2.45) is 5.92 Å². The van der Waals surface area contributed by atoms with Gasteiger partial charge in [0, 0.05) is 6.54 Å². The van der Waals surface area contributed by atoms with Gasteiger partial charge in [0.15, 0.2) is 6.61 Å². The Morgan fingerprint density at radius 2 is 2.00 bits per heavy atom. The highest BCUT2D eigenvalue weighted by atomic mass is 16.5. The first kappa shape index (κ1) is 16.5. The highest BCUT2D eigenvalue weighted by molar-refractivity contribution is 5.77. The lowest BCUT2D eigenvalue weighted by atomic mass is 9.89. The molecule has 0 saturated carbocycles. The highest BCUT2D eigenvalue weighted by Gasteiger charge is 2.27. The molecular weight excluding hydrogens is 254 g/mol. The second-order valence-corrected chi connectivity index (χ2v) is 5.54. The van der Waals surface area contributed by atoms with Crippen molar-refractivity contribution in [1.29, 1.82) is 0 Å². The van der Waals surface area contributed by atoms with Gasteiger partial charge in [0.25, 0.3) is 5.91 Å². The molecule has 0 aliphatic carbocycles. The molecule has 1 rings (SSSR count). The number of ether oxygens (including phenoxy) is 1. The summed E-state index contributed by atoms with van der Waals surface area (Å²) in [4.78, 5) is 11.7. The van der Waals surface area contributed by atoms with E-state index in [9.17, 15) is 9.90 Å². The zero-order valence-electron chi connectivity index (χ0n) is 12.8. The Kier molecular flexibility index (Phi) is 6.02. The van der Waals surface area contributed by atoms with Crippen LogP contribution in [0.4, 0.5) is 0 Å². The van der Waals surface area contributed by atoms with Crippen LogP contribution in [-0.2, 0) is 4.79 Å². The second kappa shape index (κ2) is 7.29. The zero-order valence-corrected chi connectivity index (χ0v) is 12.8. The average Bonchev–Trinajstić information content (AvgIpc) is 2.43. The average molecular weight is 279 g/mol. The van der Waals surface area contributed by atoms with Gasteiger partial charge in [-0.25, -0.2) is 0 Å². The molecule has 0 heterocycles. The van der Waals surface area contributed by atoms with Gasteiger partial charge in [-0.2, -0.15) is 0 Å². The Labute approximate surface area is 121 Å². The fourth-order valence-corrected chi connectivity index (χ4v) is 1.73. The summed E-state index contributed by atoms with van der Waals surface area (Å²) < 4.78 is 5.38. The maximum absolute atomic E-state index is 11.7. The molecule has 0 aliphatic heterocycles. The number of carbonyl (C=O) groups excluding carboxylic acids is 1. The van der Waals surface area contributed by atoms with E-state index in [1.54, 1.807) is 6.92 Å². The van der Waals surface area contributed by atoms with Gasteiger partial charge in [-0.1, -0.05) is 38.0 Å². The SMILES string of the molecule is CCC(C)C(C)(O)CNC(=O)COc1ccc(C)cc1. The van der Waals surface area contributed by atoms with Crippen LogP contribution in [0.1, 0.15) is 32.8 Å². The van der Waals surface area contributed by atoms with E-state index in [-0.39, 0.29) is 25.0 Å². The summed E-state index contributed by atoms with van der Waals surface area (Å²) in [5, 5.41) is 12.9. The van der Waals surface area contributed by atoms with Crippen molar-refractivity contribution in [3.05, 3.63) is 29.8 Å². The molecule has 0 saturated heterocycles. The van der Waals surface area contributed by atoms with Crippen molar-refractivity contribution in [3.8, 4) is 5.75 Å². The molecule has 20 heavy (non-hydrogen) atoms. The molecule has 0 bridgehead atoms. The van der Waals surface area contributed by atoms with Crippen LogP contribution in [-0.4, -0.2) is 29.8 Å². The minimum atomic E-state index is -0.895. The number of hydrogen-bond donors (Lipinski definition) is 2. The van der Waals surface area contributed by atoms with Gasteiger partial charge in [0.1, 0.15) is 5.75 Å². The Morgan fingerprint density at radius 1 is 1.40 bits per heavy atom. The first-order valence-electron chi connectivity index (χ1n) is 7.03. The molecule has 2 N–H and O–H groups in total. The highest BCUT2D eigenvalue weighted by Crippen LogP contribution is 2.18. The fourth-order valence-electron chi connectivity index (χ4n) is 1.73.